The molecular weight excluding hydrogens is 234 g/mol. The van der Waals surface area contributed by atoms with Crippen LogP contribution in [0, 0.1) is 6.92 Å². The maximum absolute atomic E-state index is 4.38. The molecule has 3 rings (SSSR count). The second-order valence-electron chi connectivity index (χ2n) is 4.56. The molecule has 0 bridgehead atoms. The van der Waals surface area contributed by atoms with Crippen molar-refractivity contribution in [1.82, 2.24) is 10.2 Å². The van der Waals surface area contributed by atoms with E-state index in [0.29, 0.717) is 0 Å². The third-order valence-electron chi connectivity index (χ3n) is 3.22. The lowest BCUT2D eigenvalue weighted by Crippen LogP contribution is -1.98. The van der Waals surface area contributed by atoms with E-state index in [4.69, 9.17) is 0 Å². The fraction of sp³-hybridized carbons (Fsp3) is 0.125. The molecule has 0 atom stereocenters. The number of rotatable bonds is 2. The monoisotopic (exact) mass is 249 g/mol. The smallest absolute Gasteiger partial charge is 0.156 e. The van der Waals surface area contributed by atoms with Crippen LogP contribution >= 0.6 is 0 Å². The molecule has 1 N–H and O–H groups in total. The fourth-order valence-corrected chi connectivity index (χ4v) is 2.29. The lowest BCUT2D eigenvalue weighted by atomic mass is 10.0. The third-order valence-corrected chi connectivity index (χ3v) is 3.22. The van der Waals surface area contributed by atoms with Gasteiger partial charge in [0.2, 0.25) is 0 Å². The molecule has 3 aromatic rings. The van der Waals surface area contributed by atoms with Gasteiger partial charge in [-0.05, 0) is 13.0 Å². The standard InChI is InChI=1S/C16H15N3/c1-11-6-5-7-12(10-11)15-13-8-3-4-9-14(13)16(17-2)19-18-15/h3-10H,1-2H3,(H,17,19). The second kappa shape index (κ2) is 4.69. The number of hydrogen-bond acceptors (Lipinski definition) is 3. The van der Waals surface area contributed by atoms with Crippen LogP contribution in [0.1, 0.15) is 5.56 Å². The molecule has 3 heteroatoms. The lowest BCUT2D eigenvalue weighted by molar-refractivity contribution is 1.05. The molecule has 0 aliphatic heterocycles. The van der Waals surface area contributed by atoms with Gasteiger partial charge in [0.15, 0.2) is 5.82 Å². The molecule has 0 saturated heterocycles. The predicted molar refractivity (Wildman–Crippen MR) is 79.3 cm³/mol. The zero-order chi connectivity index (χ0) is 13.2. The molecule has 0 aliphatic rings. The Labute approximate surface area is 112 Å². The molecule has 2 aromatic carbocycles. The number of hydrogen-bond donors (Lipinski definition) is 1. The Kier molecular flexibility index (Phi) is 2.88. The molecule has 0 amide bonds. The molecule has 3 nitrogen and oxygen atoms in total. The van der Waals surface area contributed by atoms with Gasteiger partial charge in [0.05, 0.1) is 0 Å². The van der Waals surface area contributed by atoms with Crippen LogP contribution in [-0.4, -0.2) is 17.2 Å². The van der Waals surface area contributed by atoms with E-state index in [1.165, 1.54) is 5.56 Å². The summed E-state index contributed by atoms with van der Waals surface area (Å²) in [7, 11) is 1.86. The first-order valence-electron chi connectivity index (χ1n) is 6.30. The second-order valence-corrected chi connectivity index (χ2v) is 4.56. The topological polar surface area (TPSA) is 37.8 Å². The molecule has 94 valence electrons. The number of aryl methyl sites for hydroxylation is 1. The number of aromatic nitrogens is 2. The average molecular weight is 249 g/mol. The summed E-state index contributed by atoms with van der Waals surface area (Å²) in [5.41, 5.74) is 3.26. The largest absolute Gasteiger partial charge is 0.371 e. The van der Waals surface area contributed by atoms with E-state index in [1.807, 2.05) is 25.2 Å². The minimum absolute atomic E-state index is 0.812. The first-order chi connectivity index (χ1) is 9.29. The molecule has 0 unspecified atom stereocenters. The van der Waals surface area contributed by atoms with Gasteiger partial charge in [-0.1, -0.05) is 48.0 Å². The van der Waals surface area contributed by atoms with Crippen molar-refractivity contribution in [1.29, 1.82) is 0 Å². The molecule has 0 spiro atoms. The summed E-state index contributed by atoms with van der Waals surface area (Å²) in [6, 6.07) is 16.5. The summed E-state index contributed by atoms with van der Waals surface area (Å²) in [6.07, 6.45) is 0. The summed E-state index contributed by atoms with van der Waals surface area (Å²) < 4.78 is 0. The minimum atomic E-state index is 0.812. The Morgan fingerprint density at radius 2 is 1.68 bits per heavy atom. The van der Waals surface area contributed by atoms with Crippen LogP contribution in [0.25, 0.3) is 22.0 Å². The SMILES string of the molecule is CNc1nnc(-c2cccc(C)c2)c2ccccc12. The van der Waals surface area contributed by atoms with Gasteiger partial charge >= 0.3 is 0 Å². The first kappa shape index (κ1) is 11.7. The normalized spacial score (nSPS) is 10.6. The minimum Gasteiger partial charge on any atom is -0.371 e. The molecule has 0 radical (unpaired) electrons. The van der Waals surface area contributed by atoms with Crippen LogP contribution in [0.3, 0.4) is 0 Å². The number of anilines is 1. The lowest BCUT2D eigenvalue weighted by Gasteiger charge is -2.09. The average Bonchev–Trinajstić information content (AvgIpc) is 2.46. The van der Waals surface area contributed by atoms with Gasteiger partial charge in [-0.15, -0.1) is 10.2 Å². The van der Waals surface area contributed by atoms with Crippen LogP contribution in [0.4, 0.5) is 5.82 Å². The molecule has 1 heterocycles. The van der Waals surface area contributed by atoms with E-state index in [-0.39, 0.29) is 0 Å². The van der Waals surface area contributed by atoms with Crippen molar-refractivity contribution in [2.45, 2.75) is 6.92 Å². The highest BCUT2D eigenvalue weighted by Crippen LogP contribution is 2.29. The van der Waals surface area contributed by atoms with Crippen LogP contribution in [-0.2, 0) is 0 Å². The van der Waals surface area contributed by atoms with E-state index < -0.39 is 0 Å². The zero-order valence-corrected chi connectivity index (χ0v) is 11.0. The molecule has 1 aromatic heterocycles. The van der Waals surface area contributed by atoms with Crippen molar-refractivity contribution < 1.29 is 0 Å². The molecule has 0 aliphatic carbocycles. The van der Waals surface area contributed by atoms with Gasteiger partial charge in [-0.25, -0.2) is 0 Å². The first-order valence-corrected chi connectivity index (χ1v) is 6.30. The predicted octanol–water partition coefficient (Wildman–Crippen LogP) is 3.65. The Balaban J connectivity index is 2.31. The molecule has 19 heavy (non-hydrogen) atoms. The Morgan fingerprint density at radius 1 is 0.895 bits per heavy atom. The van der Waals surface area contributed by atoms with Crippen molar-refractivity contribution in [2.75, 3.05) is 12.4 Å². The Bertz CT molecular complexity index is 735. The van der Waals surface area contributed by atoms with Crippen LogP contribution in [0.2, 0.25) is 0 Å². The molecule has 0 fully saturated rings. The van der Waals surface area contributed by atoms with Gasteiger partial charge in [0, 0.05) is 23.4 Å². The Morgan fingerprint density at radius 3 is 2.42 bits per heavy atom. The van der Waals surface area contributed by atoms with Gasteiger partial charge in [-0.3, -0.25) is 0 Å². The van der Waals surface area contributed by atoms with Crippen LogP contribution in [0.5, 0.6) is 0 Å². The van der Waals surface area contributed by atoms with E-state index in [1.54, 1.807) is 0 Å². The maximum Gasteiger partial charge on any atom is 0.156 e. The summed E-state index contributed by atoms with van der Waals surface area (Å²) in [4.78, 5) is 0. The van der Waals surface area contributed by atoms with Gasteiger partial charge in [0.1, 0.15) is 5.69 Å². The van der Waals surface area contributed by atoms with E-state index >= 15 is 0 Å². The highest BCUT2D eigenvalue weighted by molar-refractivity contribution is 5.99. The van der Waals surface area contributed by atoms with Crippen LogP contribution < -0.4 is 5.32 Å². The summed E-state index contributed by atoms with van der Waals surface area (Å²) in [6.45, 7) is 2.08. The van der Waals surface area contributed by atoms with Crippen molar-refractivity contribution >= 4 is 16.6 Å². The van der Waals surface area contributed by atoms with Gasteiger partial charge in [-0.2, -0.15) is 0 Å². The zero-order valence-electron chi connectivity index (χ0n) is 11.0. The fourth-order valence-electron chi connectivity index (χ4n) is 2.29. The quantitative estimate of drug-likeness (QED) is 0.753. The van der Waals surface area contributed by atoms with Crippen molar-refractivity contribution in [2.24, 2.45) is 0 Å². The highest BCUT2D eigenvalue weighted by Gasteiger charge is 2.09. The number of nitrogens with zero attached hydrogens (tertiary/aromatic N) is 2. The van der Waals surface area contributed by atoms with Crippen molar-refractivity contribution in [3.8, 4) is 11.3 Å². The number of fused-ring (bicyclic) bond motifs is 1. The number of nitrogens with one attached hydrogen (secondary N) is 1. The van der Waals surface area contributed by atoms with Crippen molar-refractivity contribution in [3.05, 3.63) is 54.1 Å². The molecular formula is C16H15N3. The highest BCUT2D eigenvalue weighted by atomic mass is 15.2. The van der Waals surface area contributed by atoms with Crippen molar-refractivity contribution in [3.63, 3.8) is 0 Å². The van der Waals surface area contributed by atoms with E-state index in [0.717, 1.165) is 27.8 Å². The third kappa shape index (κ3) is 2.03. The van der Waals surface area contributed by atoms with Gasteiger partial charge in [0.25, 0.3) is 0 Å². The summed E-state index contributed by atoms with van der Waals surface area (Å²) >= 11 is 0. The molecule has 0 saturated carbocycles. The summed E-state index contributed by atoms with van der Waals surface area (Å²) in [5, 5.41) is 13.9. The van der Waals surface area contributed by atoms with E-state index in [9.17, 15) is 0 Å². The van der Waals surface area contributed by atoms with Gasteiger partial charge < -0.3 is 5.32 Å². The maximum atomic E-state index is 4.38. The number of benzene rings is 2. The summed E-state index contributed by atoms with van der Waals surface area (Å²) in [5.74, 6) is 0.812. The Hall–Kier alpha value is -2.42. The van der Waals surface area contributed by atoms with E-state index in [2.05, 4.69) is 52.8 Å². The van der Waals surface area contributed by atoms with Crippen LogP contribution in [0.15, 0.2) is 48.5 Å².